The normalized spacial score (nSPS) is 10.3. The number of thiophene rings is 1. The van der Waals surface area contributed by atoms with Gasteiger partial charge in [-0.3, -0.25) is 0 Å². The van der Waals surface area contributed by atoms with Gasteiger partial charge in [0, 0.05) is 0 Å². The molecule has 0 atom stereocenters. The van der Waals surface area contributed by atoms with Crippen molar-refractivity contribution in [3.8, 4) is 0 Å². The molecule has 6 heteroatoms. The van der Waals surface area contributed by atoms with E-state index in [1.807, 2.05) is 17.5 Å². The van der Waals surface area contributed by atoms with Crippen LogP contribution in [0.25, 0.3) is 0 Å². The lowest BCUT2D eigenvalue weighted by molar-refractivity contribution is 0.0691. The maximum Gasteiger partial charge on any atom is 0.338 e. The molecule has 0 aliphatic rings. The van der Waals surface area contributed by atoms with E-state index in [-0.39, 0.29) is 5.56 Å². The minimum absolute atomic E-state index is 0.113. The molecule has 3 nitrogen and oxygen atoms in total. The summed E-state index contributed by atoms with van der Waals surface area (Å²) in [6.07, 6.45) is 1.02. The highest BCUT2D eigenvalue weighted by molar-refractivity contribution is 8.01. The number of halogens is 1. The maximum atomic E-state index is 12.9. The average Bonchev–Trinajstić information content (AvgIpc) is 2.73. The van der Waals surface area contributed by atoms with E-state index >= 15 is 0 Å². The van der Waals surface area contributed by atoms with Crippen LogP contribution < -0.4 is 0 Å². The van der Waals surface area contributed by atoms with Gasteiger partial charge in [0.25, 0.3) is 0 Å². The predicted octanol–water partition coefficient (Wildman–Crippen LogP) is 3.13. The van der Waals surface area contributed by atoms with Crippen LogP contribution in [0.5, 0.6) is 0 Å². The summed E-state index contributed by atoms with van der Waals surface area (Å²) in [6.45, 7) is 0. The van der Waals surface area contributed by atoms with Gasteiger partial charge in [0.05, 0.1) is 16.0 Å². The van der Waals surface area contributed by atoms with Gasteiger partial charge in [-0.25, -0.2) is 14.2 Å². The van der Waals surface area contributed by atoms with Gasteiger partial charge in [-0.2, -0.15) is 0 Å². The van der Waals surface area contributed by atoms with Crippen molar-refractivity contribution < 1.29 is 14.3 Å². The Kier molecular flexibility index (Phi) is 3.21. The van der Waals surface area contributed by atoms with Gasteiger partial charge in [0.2, 0.25) is 0 Å². The van der Waals surface area contributed by atoms with Crippen LogP contribution in [-0.2, 0) is 0 Å². The Morgan fingerprint density at radius 3 is 3.00 bits per heavy atom. The zero-order valence-electron chi connectivity index (χ0n) is 7.88. The first-order chi connectivity index (χ1) is 7.66. The Labute approximate surface area is 99.0 Å². The molecule has 2 rings (SSSR count). The Bertz CT molecular complexity index is 514. The number of carboxylic acids is 1. The summed E-state index contributed by atoms with van der Waals surface area (Å²) >= 11 is 2.70. The standard InChI is InChI=1S/C10H6FNO2S2/c11-6-4-7(10(13)14)9(12-5-6)16-8-2-1-3-15-8/h1-5H,(H,13,14). The Morgan fingerprint density at radius 2 is 2.38 bits per heavy atom. The molecule has 0 saturated carbocycles. The second-order valence-electron chi connectivity index (χ2n) is 2.85. The molecule has 0 radical (unpaired) electrons. The van der Waals surface area contributed by atoms with E-state index in [4.69, 9.17) is 5.11 Å². The van der Waals surface area contributed by atoms with E-state index in [0.29, 0.717) is 5.03 Å². The first-order valence-corrected chi connectivity index (χ1v) is 5.96. The lowest BCUT2D eigenvalue weighted by Gasteiger charge is -2.02. The largest absolute Gasteiger partial charge is 0.478 e. The van der Waals surface area contributed by atoms with Crippen molar-refractivity contribution in [3.63, 3.8) is 0 Å². The van der Waals surface area contributed by atoms with Gasteiger partial charge in [-0.05, 0) is 17.5 Å². The second kappa shape index (κ2) is 4.63. The fourth-order valence-corrected chi connectivity index (χ4v) is 2.82. The zero-order chi connectivity index (χ0) is 11.5. The van der Waals surface area contributed by atoms with Crippen LogP contribution in [0.1, 0.15) is 10.4 Å². The van der Waals surface area contributed by atoms with E-state index < -0.39 is 11.8 Å². The molecular weight excluding hydrogens is 249 g/mol. The molecule has 0 aliphatic carbocycles. The monoisotopic (exact) mass is 255 g/mol. The maximum absolute atomic E-state index is 12.9. The molecule has 2 aromatic rings. The minimum atomic E-state index is -1.17. The number of hydrogen-bond donors (Lipinski definition) is 1. The van der Waals surface area contributed by atoms with Crippen LogP contribution in [-0.4, -0.2) is 16.1 Å². The Balaban J connectivity index is 2.36. The highest BCUT2D eigenvalue weighted by atomic mass is 32.2. The third kappa shape index (κ3) is 2.40. The van der Waals surface area contributed by atoms with Crippen molar-refractivity contribution in [2.24, 2.45) is 0 Å². The van der Waals surface area contributed by atoms with Crippen LogP contribution in [0, 0.1) is 5.82 Å². The number of pyridine rings is 1. The molecule has 82 valence electrons. The summed E-state index contributed by atoms with van der Waals surface area (Å²) in [5.74, 6) is -1.82. The van der Waals surface area contributed by atoms with Gasteiger partial charge < -0.3 is 5.11 Å². The molecule has 16 heavy (non-hydrogen) atoms. The van der Waals surface area contributed by atoms with Gasteiger partial charge in [0.15, 0.2) is 0 Å². The van der Waals surface area contributed by atoms with E-state index in [2.05, 4.69) is 4.98 Å². The topological polar surface area (TPSA) is 50.2 Å². The number of hydrogen-bond acceptors (Lipinski definition) is 4. The van der Waals surface area contributed by atoms with Crippen LogP contribution in [0.3, 0.4) is 0 Å². The second-order valence-corrected chi connectivity index (χ2v) is 5.08. The summed E-state index contributed by atoms with van der Waals surface area (Å²) in [4.78, 5) is 14.7. The summed E-state index contributed by atoms with van der Waals surface area (Å²) in [5, 5.41) is 11.1. The van der Waals surface area contributed by atoms with Crippen LogP contribution in [0.4, 0.5) is 4.39 Å². The highest BCUT2D eigenvalue weighted by Gasteiger charge is 2.14. The van der Waals surface area contributed by atoms with Gasteiger partial charge in [-0.15, -0.1) is 11.3 Å². The molecular formula is C10H6FNO2S2. The highest BCUT2D eigenvalue weighted by Crippen LogP contribution is 2.32. The quantitative estimate of drug-likeness (QED) is 0.915. The average molecular weight is 255 g/mol. The lowest BCUT2D eigenvalue weighted by atomic mass is 10.3. The van der Waals surface area contributed by atoms with Crippen molar-refractivity contribution in [2.45, 2.75) is 9.24 Å². The summed E-state index contributed by atoms with van der Waals surface area (Å²) < 4.78 is 13.8. The number of carbonyl (C=O) groups is 1. The molecule has 0 fully saturated rings. The lowest BCUT2D eigenvalue weighted by Crippen LogP contribution is -2.01. The minimum Gasteiger partial charge on any atom is -0.478 e. The van der Waals surface area contributed by atoms with Gasteiger partial charge in [-0.1, -0.05) is 17.8 Å². The number of nitrogens with zero attached hydrogens (tertiary/aromatic N) is 1. The fourth-order valence-electron chi connectivity index (χ4n) is 1.08. The molecule has 0 spiro atoms. The van der Waals surface area contributed by atoms with Crippen LogP contribution in [0.15, 0.2) is 39.0 Å². The third-order valence-corrected chi connectivity index (χ3v) is 3.80. The number of rotatable bonds is 3. The van der Waals surface area contributed by atoms with Crippen molar-refractivity contribution >= 4 is 29.1 Å². The number of aromatic carboxylic acids is 1. The first-order valence-electron chi connectivity index (χ1n) is 4.27. The van der Waals surface area contributed by atoms with Crippen LogP contribution in [0.2, 0.25) is 0 Å². The van der Waals surface area contributed by atoms with E-state index in [1.54, 1.807) is 0 Å². The fraction of sp³-hybridized carbons (Fsp3) is 0. The number of aromatic nitrogens is 1. The number of carboxylic acid groups (broad SMARTS) is 1. The predicted molar refractivity (Wildman–Crippen MR) is 59.6 cm³/mol. The SMILES string of the molecule is O=C(O)c1cc(F)cnc1Sc1cccs1. The zero-order valence-corrected chi connectivity index (χ0v) is 9.52. The Morgan fingerprint density at radius 1 is 1.56 bits per heavy atom. The van der Waals surface area contributed by atoms with Crippen molar-refractivity contribution in [1.29, 1.82) is 0 Å². The van der Waals surface area contributed by atoms with E-state index in [9.17, 15) is 9.18 Å². The summed E-state index contributed by atoms with van der Waals surface area (Å²) in [7, 11) is 0. The molecule has 2 aromatic heterocycles. The molecule has 0 bridgehead atoms. The van der Waals surface area contributed by atoms with Crippen LogP contribution >= 0.6 is 23.1 Å². The molecule has 2 heterocycles. The van der Waals surface area contributed by atoms with E-state index in [0.717, 1.165) is 16.5 Å². The molecule has 0 aliphatic heterocycles. The van der Waals surface area contributed by atoms with Crippen molar-refractivity contribution in [3.05, 3.63) is 41.2 Å². The molecule has 0 aromatic carbocycles. The molecule has 0 unspecified atom stereocenters. The third-order valence-electron chi connectivity index (χ3n) is 1.74. The molecule has 0 amide bonds. The van der Waals surface area contributed by atoms with Gasteiger partial charge >= 0.3 is 5.97 Å². The summed E-state index contributed by atoms with van der Waals surface area (Å²) in [6, 6.07) is 4.69. The molecule has 0 saturated heterocycles. The van der Waals surface area contributed by atoms with Crippen molar-refractivity contribution in [2.75, 3.05) is 0 Å². The first kappa shape index (κ1) is 11.1. The Hall–Kier alpha value is -1.40. The van der Waals surface area contributed by atoms with Crippen molar-refractivity contribution in [1.82, 2.24) is 4.98 Å². The molecule has 1 N–H and O–H groups in total. The smallest absolute Gasteiger partial charge is 0.338 e. The van der Waals surface area contributed by atoms with Gasteiger partial charge in [0.1, 0.15) is 10.8 Å². The van der Waals surface area contributed by atoms with E-state index in [1.165, 1.54) is 23.1 Å². The summed E-state index contributed by atoms with van der Waals surface area (Å²) in [5.41, 5.74) is -0.113.